The van der Waals surface area contributed by atoms with Crippen molar-refractivity contribution in [1.29, 1.82) is 0 Å². The number of hydrogen-bond acceptors (Lipinski definition) is 4. The number of aromatic nitrogens is 1. The summed E-state index contributed by atoms with van der Waals surface area (Å²) in [6.45, 7) is 6.15. The Balaban J connectivity index is 1.99. The van der Waals surface area contributed by atoms with E-state index >= 15 is 0 Å². The summed E-state index contributed by atoms with van der Waals surface area (Å²) in [5.41, 5.74) is 4.73. The lowest BCUT2D eigenvalue weighted by Gasteiger charge is -2.20. The van der Waals surface area contributed by atoms with Gasteiger partial charge in [-0.2, -0.15) is 5.10 Å². The number of amides is 1. The standard InChI is InChI=1S/C18H22N4O2/c1-4-22(5-2)16-9-6-14(7-10-16)12-19-20-18(24)15-8-11-17(23)21(3)13-15/h6-13H,4-5H2,1-3H3,(H,20,24)/b19-12+. The van der Waals surface area contributed by atoms with Gasteiger partial charge in [0, 0.05) is 38.1 Å². The van der Waals surface area contributed by atoms with Crippen molar-refractivity contribution in [3.8, 4) is 0 Å². The Morgan fingerprint density at radius 1 is 1.17 bits per heavy atom. The molecule has 1 N–H and O–H groups in total. The Bertz CT molecular complexity index is 774. The molecule has 0 aliphatic rings. The first-order valence-electron chi connectivity index (χ1n) is 7.90. The zero-order valence-corrected chi connectivity index (χ0v) is 14.2. The average Bonchev–Trinajstić information content (AvgIpc) is 2.59. The number of rotatable bonds is 6. The number of hydrazone groups is 1. The Labute approximate surface area is 141 Å². The predicted octanol–water partition coefficient (Wildman–Crippen LogP) is 2.00. The molecule has 2 aromatic rings. The van der Waals surface area contributed by atoms with Crippen LogP contribution in [0.25, 0.3) is 0 Å². The number of carbonyl (C=O) groups is 1. The quantitative estimate of drug-likeness (QED) is 0.652. The van der Waals surface area contributed by atoms with E-state index in [0.29, 0.717) is 5.56 Å². The minimum atomic E-state index is -0.360. The van der Waals surface area contributed by atoms with Gasteiger partial charge in [0.1, 0.15) is 0 Å². The lowest BCUT2D eigenvalue weighted by atomic mass is 10.2. The molecule has 0 spiro atoms. The van der Waals surface area contributed by atoms with Crippen LogP contribution >= 0.6 is 0 Å². The van der Waals surface area contributed by atoms with Crippen LogP contribution in [0.4, 0.5) is 5.69 Å². The fourth-order valence-corrected chi connectivity index (χ4v) is 2.32. The molecule has 0 fully saturated rings. The Hall–Kier alpha value is -2.89. The molecular formula is C18H22N4O2. The van der Waals surface area contributed by atoms with Crippen LogP contribution in [0.15, 0.2) is 52.5 Å². The minimum Gasteiger partial charge on any atom is -0.372 e. The maximum atomic E-state index is 12.0. The van der Waals surface area contributed by atoms with Crippen LogP contribution in [-0.2, 0) is 7.05 Å². The first-order chi connectivity index (χ1) is 11.5. The number of hydrogen-bond donors (Lipinski definition) is 1. The third kappa shape index (κ3) is 4.32. The van der Waals surface area contributed by atoms with Gasteiger partial charge in [0.25, 0.3) is 5.91 Å². The van der Waals surface area contributed by atoms with Gasteiger partial charge in [-0.3, -0.25) is 9.59 Å². The Morgan fingerprint density at radius 3 is 2.42 bits per heavy atom. The Kier molecular flexibility index (Phi) is 5.89. The van der Waals surface area contributed by atoms with Gasteiger partial charge in [-0.1, -0.05) is 12.1 Å². The maximum absolute atomic E-state index is 12.0. The van der Waals surface area contributed by atoms with Gasteiger partial charge >= 0.3 is 0 Å². The van der Waals surface area contributed by atoms with Crippen molar-refractivity contribution in [2.24, 2.45) is 12.1 Å². The highest BCUT2D eigenvalue weighted by molar-refractivity contribution is 5.94. The maximum Gasteiger partial charge on any atom is 0.272 e. The molecule has 0 unspecified atom stereocenters. The van der Waals surface area contributed by atoms with E-state index in [-0.39, 0.29) is 11.5 Å². The first kappa shape index (κ1) is 17.5. The van der Waals surface area contributed by atoms with Crippen LogP contribution in [0.5, 0.6) is 0 Å². The van der Waals surface area contributed by atoms with Gasteiger partial charge in [0.15, 0.2) is 0 Å². The van der Waals surface area contributed by atoms with Crippen molar-refractivity contribution >= 4 is 17.8 Å². The molecule has 0 bridgehead atoms. The van der Waals surface area contributed by atoms with E-state index in [1.165, 1.54) is 22.9 Å². The third-order valence-corrected chi connectivity index (χ3v) is 3.75. The first-order valence-corrected chi connectivity index (χ1v) is 7.90. The van der Waals surface area contributed by atoms with Gasteiger partial charge in [-0.25, -0.2) is 5.43 Å². The van der Waals surface area contributed by atoms with Gasteiger partial charge < -0.3 is 9.47 Å². The summed E-state index contributed by atoms with van der Waals surface area (Å²) in [5.74, 6) is -0.360. The molecule has 0 aliphatic heterocycles. The zero-order valence-electron chi connectivity index (χ0n) is 14.2. The predicted molar refractivity (Wildman–Crippen MR) is 96.7 cm³/mol. The van der Waals surface area contributed by atoms with Gasteiger partial charge in [0.05, 0.1) is 11.8 Å². The van der Waals surface area contributed by atoms with Crippen molar-refractivity contribution < 1.29 is 4.79 Å². The second-order valence-electron chi connectivity index (χ2n) is 5.33. The van der Waals surface area contributed by atoms with Crippen molar-refractivity contribution in [2.75, 3.05) is 18.0 Å². The van der Waals surface area contributed by atoms with E-state index in [1.807, 2.05) is 24.3 Å². The molecule has 6 heteroatoms. The molecule has 0 aliphatic carbocycles. The van der Waals surface area contributed by atoms with Crippen LogP contribution in [0, 0.1) is 0 Å². The Morgan fingerprint density at radius 2 is 1.83 bits per heavy atom. The summed E-state index contributed by atoms with van der Waals surface area (Å²) in [4.78, 5) is 25.5. The van der Waals surface area contributed by atoms with Crippen molar-refractivity contribution in [1.82, 2.24) is 9.99 Å². The molecule has 1 aromatic heterocycles. The second kappa shape index (κ2) is 8.10. The summed E-state index contributed by atoms with van der Waals surface area (Å²) in [6.07, 6.45) is 3.07. The largest absolute Gasteiger partial charge is 0.372 e. The second-order valence-corrected chi connectivity index (χ2v) is 5.33. The van der Waals surface area contributed by atoms with Crippen LogP contribution in [0.1, 0.15) is 29.8 Å². The molecule has 24 heavy (non-hydrogen) atoms. The van der Waals surface area contributed by atoms with Crippen LogP contribution in [0.2, 0.25) is 0 Å². The molecule has 0 saturated heterocycles. The number of anilines is 1. The number of benzene rings is 1. The molecule has 1 heterocycles. The van der Waals surface area contributed by atoms with E-state index in [0.717, 1.165) is 24.3 Å². The number of aryl methyl sites for hydroxylation is 1. The van der Waals surface area contributed by atoms with Gasteiger partial charge in [-0.15, -0.1) is 0 Å². The van der Waals surface area contributed by atoms with E-state index in [2.05, 4.69) is 29.3 Å². The molecule has 6 nitrogen and oxygen atoms in total. The number of pyridine rings is 1. The number of carbonyl (C=O) groups excluding carboxylic acids is 1. The summed E-state index contributed by atoms with van der Waals surface area (Å²) in [6, 6.07) is 10.8. The molecule has 2 rings (SSSR count). The van der Waals surface area contributed by atoms with E-state index < -0.39 is 0 Å². The molecular weight excluding hydrogens is 304 g/mol. The van der Waals surface area contributed by atoms with Crippen LogP contribution < -0.4 is 15.9 Å². The molecule has 126 valence electrons. The van der Waals surface area contributed by atoms with Crippen LogP contribution in [-0.4, -0.2) is 29.8 Å². The van der Waals surface area contributed by atoms with Crippen molar-refractivity contribution in [2.45, 2.75) is 13.8 Å². The zero-order chi connectivity index (χ0) is 17.5. The van der Waals surface area contributed by atoms with E-state index in [9.17, 15) is 9.59 Å². The SMILES string of the molecule is CCN(CC)c1ccc(/C=N/NC(=O)c2ccc(=O)n(C)c2)cc1. The third-order valence-electron chi connectivity index (χ3n) is 3.75. The number of nitrogens with zero attached hydrogens (tertiary/aromatic N) is 3. The molecule has 1 amide bonds. The number of nitrogens with one attached hydrogen (secondary N) is 1. The fraction of sp³-hybridized carbons (Fsp3) is 0.278. The van der Waals surface area contributed by atoms with Crippen LogP contribution in [0.3, 0.4) is 0 Å². The highest BCUT2D eigenvalue weighted by Crippen LogP contribution is 2.13. The van der Waals surface area contributed by atoms with Gasteiger partial charge in [-0.05, 0) is 37.6 Å². The lowest BCUT2D eigenvalue weighted by molar-refractivity contribution is 0.0954. The van der Waals surface area contributed by atoms with E-state index in [1.54, 1.807) is 13.3 Å². The monoisotopic (exact) mass is 326 g/mol. The summed E-state index contributed by atoms with van der Waals surface area (Å²) in [5, 5.41) is 3.96. The summed E-state index contributed by atoms with van der Waals surface area (Å²) in [7, 11) is 1.60. The smallest absolute Gasteiger partial charge is 0.272 e. The van der Waals surface area contributed by atoms with E-state index in [4.69, 9.17) is 0 Å². The minimum absolute atomic E-state index is 0.164. The fourth-order valence-electron chi connectivity index (χ4n) is 2.32. The topological polar surface area (TPSA) is 66.7 Å². The highest BCUT2D eigenvalue weighted by Gasteiger charge is 2.05. The average molecular weight is 326 g/mol. The molecule has 0 saturated carbocycles. The highest BCUT2D eigenvalue weighted by atomic mass is 16.2. The summed E-state index contributed by atoms with van der Waals surface area (Å²) < 4.78 is 1.35. The normalized spacial score (nSPS) is 10.8. The molecule has 0 atom stereocenters. The van der Waals surface area contributed by atoms with Crippen molar-refractivity contribution in [3.05, 3.63) is 64.1 Å². The van der Waals surface area contributed by atoms with Gasteiger partial charge in [0.2, 0.25) is 5.56 Å². The lowest BCUT2D eigenvalue weighted by Crippen LogP contribution is -2.22. The summed E-state index contributed by atoms with van der Waals surface area (Å²) >= 11 is 0. The molecule has 1 aromatic carbocycles. The van der Waals surface area contributed by atoms with Crippen molar-refractivity contribution in [3.63, 3.8) is 0 Å². The molecule has 0 radical (unpaired) electrons.